The Labute approximate surface area is 115 Å². The number of nitrogens with one attached hydrogen (secondary N) is 1. The van der Waals surface area contributed by atoms with Crippen molar-refractivity contribution in [3.8, 4) is 0 Å². The predicted octanol–water partition coefficient (Wildman–Crippen LogP) is 3.01. The zero-order valence-electron chi connectivity index (χ0n) is 11.9. The molecule has 3 N–H and O–H groups in total. The fraction of sp³-hybridized carbons (Fsp3) is 0.562. The van der Waals surface area contributed by atoms with E-state index < -0.39 is 0 Å². The van der Waals surface area contributed by atoms with Gasteiger partial charge in [0.1, 0.15) is 0 Å². The monoisotopic (exact) mass is 260 g/mol. The number of anilines is 1. The smallest absolute Gasteiger partial charge is 0.227 e. The molecular formula is C16H24N2O. The van der Waals surface area contributed by atoms with E-state index in [1.165, 1.54) is 11.1 Å². The average molecular weight is 260 g/mol. The second kappa shape index (κ2) is 6.20. The highest BCUT2D eigenvalue weighted by atomic mass is 16.1. The summed E-state index contributed by atoms with van der Waals surface area (Å²) < 4.78 is 0. The first-order valence-corrected chi connectivity index (χ1v) is 7.17. The molecule has 0 heterocycles. The Bertz CT molecular complexity index is 428. The molecule has 3 heteroatoms. The molecule has 19 heavy (non-hydrogen) atoms. The maximum Gasteiger partial charge on any atom is 0.227 e. The van der Waals surface area contributed by atoms with Gasteiger partial charge in [0, 0.05) is 11.6 Å². The Morgan fingerprint density at radius 2 is 1.74 bits per heavy atom. The van der Waals surface area contributed by atoms with Crippen molar-refractivity contribution in [3.05, 3.63) is 29.3 Å². The first-order valence-electron chi connectivity index (χ1n) is 7.17. The molecule has 104 valence electrons. The van der Waals surface area contributed by atoms with Crippen LogP contribution >= 0.6 is 0 Å². The minimum Gasteiger partial charge on any atom is -0.330 e. The lowest BCUT2D eigenvalue weighted by Crippen LogP contribution is -2.29. The summed E-state index contributed by atoms with van der Waals surface area (Å²) in [6.45, 7) is 4.86. The van der Waals surface area contributed by atoms with Crippen molar-refractivity contribution in [1.82, 2.24) is 0 Å². The maximum atomic E-state index is 12.2. The van der Waals surface area contributed by atoms with Gasteiger partial charge in [0.2, 0.25) is 5.91 Å². The summed E-state index contributed by atoms with van der Waals surface area (Å²) in [5.41, 5.74) is 8.97. The third kappa shape index (κ3) is 3.80. The van der Waals surface area contributed by atoms with E-state index >= 15 is 0 Å². The van der Waals surface area contributed by atoms with Crippen molar-refractivity contribution in [2.75, 3.05) is 11.9 Å². The molecule has 0 radical (unpaired) electrons. The molecule has 0 aromatic heterocycles. The Balaban J connectivity index is 1.94. The van der Waals surface area contributed by atoms with Crippen LogP contribution in [0.15, 0.2) is 18.2 Å². The number of rotatable bonds is 3. The molecule has 0 bridgehead atoms. The number of benzene rings is 1. The molecule has 3 nitrogen and oxygen atoms in total. The van der Waals surface area contributed by atoms with Crippen LogP contribution in [-0.2, 0) is 4.79 Å². The lowest BCUT2D eigenvalue weighted by atomic mass is 9.81. The number of nitrogens with two attached hydrogens (primary N) is 1. The molecule has 1 aliphatic carbocycles. The Kier molecular flexibility index (Phi) is 4.59. The van der Waals surface area contributed by atoms with Crippen molar-refractivity contribution in [1.29, 1.82) is 0 Å². The van der Waals surface area contributed by atoms with Crippen molar-refractivity contribution in [2.24, 2.45) is 17.6 Å². The Morgan fingerprint density at radius 3 is 2.26 bits per heavy atom. The van der Waals surface area contributed by atoms with Crippen LogP contribution < -0.4 is 11.1 Å². The van der Waals surface area contributed by atoms with E-state index in [1.54, 1.807) is 0 Å². The summed E-state index contributed by atoms with van der Waals surface area (Å²) in [6.07, 6.45) is 4.11. The molecule has 1 saturated carbocycles. The van der Waals surface area contributed by atoms with Crippen LogP contribution in [0.4, 0.5) is 5.69 Å². The zero-order chi connectivity index (χ0) is 13.8. The molecule has 0 spiro atoms. The summed E-state index contributed by atoms with van der Waals surface area (Å²) >= 11 is 0. The summed E-state index contributed by atoms with van der Waals surface area (Å²) in [5, 5.41) is 3.06. The van der Waals surface area contributed by atoms with Crippen LogP contribution in [0.1, 0.15) is 36.8 Å². The van der Waals surface area contributed by atoms with E-state index in [2.05, 4.69) is 25.2 Å². The van der Waals surface area contributed by atoms with Gasteiger partial charge >= 0.3 is 0 Å². The minimum atomic E-state index is 0.156. The van der Waals surface area contributed by atoms with Gasteiger partial charge in [-0.3, -0.25) is 4.79 Å². The summed E-state index contributed by atoms with van der Waals surface area (Å²) in [5.74, 6) is 0.939. The van der Waals surface area contributed by atoms with Crippen LogP contribution in [0.2, 0.25) is 0 Å². The van der Waals surface area contributed by atoms with Crippen molar-refractivity contribution in [3.63, 3.8) is 0 Å². The first kappa shape index (κ1) is 14.1. The third-order valence-corrected chi connectivity index (χ3v) is 4.04. The van der Waals surface area contributed by atoms with Crippen molar-refractivity contribution < 1.29 is 4.79 Å². The second-order valence-electron chi connectivity index (χ2n) is 5.82. The SMILES string of the molecule is Cc1cc(C)cc(NC(=O)C2CCC(CN)CC2)c1. The highest BCUT2D eigenvalue weighted by Gasteiger charge is 2.25. The van der Waals surface area contributed by atoms with Crippen LogP contribution in [0.3, 0.4) is 0 Å². The fourth-order valence-electron chi connectivity index (χ4n) is 2.95. The predicted molar refractivity (Wildman–Crippen MR) is 79.0 cm³/mol. The van der Waals surface area contributed by atoms with E-state index in [1.807, 2.05) is 12.1 Å². The molecule has 1 aliphatic rings. The number of carbonyl (C=O) groups excluding carboxylic acids is 1. The Hall–Kier alpha value is -1.35. The lowest BCUT2D eigenvalue weighted by molar-refractivity contribution is -0.121. The minimum absolute atomic E-state index is 0.156. The maximum absolute atomic E-state index is 12.2. The highest BCUT2D eigenvalue weighted by molar-refractivity contribution is 5.92. The number of amides is 1. The molecule has 0 saturated heterocycles. The molecule has 2 rings (SSSR count). The number of aryl methyl sites for hydroxylation is 2. The van der Waals surface area contributed by atoms with Gasteiger partial charge in [-0.25, -0.2) is 0 Å². The quantitative estimate of drug-likeness (QED) is 0.877. The van der Waals surface area contributed by atoms with Gasteiger partial charge in [0.25, 0.3) is 0 Å². The van der Waals surface area contributed by atoms with Gasteiger partial charge < -0.3 is 11.1 Å². The van der Waals surface area contributed by atoms with Gasteiger partial charge in [-0.1, -0.05) is 6.07 Å². The average Bonchev–Trinajstić information content (AvgIpc) is 2.37. The highest BCUT2D eigenvalue weighted by Crippen LogP contribution is 2.29. The first-order chi connectivity index (χ1) is 9.08. The van der Waals surface area contributed by atoms with Gasteiger partial charge in [0.05, 0.1) is 0 Å². The summed E-state index contributed by atoms with van der Waals surface area (Å²) in [4.78, 5) is 12.2. The summed E-state index contributed by atoms with van der Waals surface area (Å²) in [7, 11) is 0. The van der Waals surface area contributed by atoms with Gasteiger partial charge in [0.15, 0.2) is 0 Å². The molecule has 1 aromatic carbocycles. The molecule has 0 aliphatic heterocycles. The number of hydrogen-bond donors (Lipinski definition) is 2. The van der Waals surface area contributed by atoms with Crippen LogP contribution in [0.25, 0.3) is 0 Å². The van der Waals surface area contributed by atoms with Gasteiger partial charge in [-0.05, 0) is 75.3 Å². The van der Waals surface area contributed by atoms with E-state index in [0.29, 0.717) is 5.92 Å². The van der Waals surface area contributed by atoms with Crippen LogP contribution in [0, 0.1) is 25.7 Å². The number of carbonyl (C=O) groups is 1. The fourth-order valence-corrected chi connectivity index (χ4v) is 2.95. The van der Waals surface area contributed by atoms with Crippen molar-refractivity contribution in [2.45, 2.75) is 39.5 Å². The summed E-state index contributed by atoms with van der Waals surface area (Å²) in [6, 6.07) is 6.16. The topological polar surface area (TPSA) is 55.1 Å². The molecular weight excluding hydrogens is 236 g/mol. The largest absolute Gasteiger partial charge is 0.330 e. The lowest BCUT2D eigenvalue weighted by Gasteiger charge is -2.26. The standard InChI is InChI=1S/C16H24N2O/c1-11-7-12(2)9-15(8-11)18-16(19)14-5-3-13(10-17)4-6-14/h7-9,13-14H,3-6,10,17H2,1-2H3,(H,18,19). The molecule has 1 aromatic rings. The van der Waals surface area contributed by atoms with Crippen LogP contribution in [0.5, 0.6) is 0 Å². The van der Waals surface area contributed by atoms with E-state index in [0.717, 1.165) is 37.9 Å². The second-order valence-corrected chi connectivity index (χ2v) is 5.82. The van der Waals surface area contributed by atoms with E-state index in [4.69, 9.17) is 5.73 Å². The number of hydrogen-bond acceptors (Lipinski definition) is 2. The third-order valence-electron chi connectivity index (χ3n) is 4.04. The normalized spacial score (nSPS) is 23.1. The van der Waals surface area contributed by atoms with Gasteiger partial charge in [-0.2, -0.15) is 0 Å². The van der Waals surface area contributed by atoms with Crippen molar-refractivity contribution >= 4 is 11.6 Å². The van der Waals surface area contributed by atoms with E-state index in [9.17, 15) is 4.79 Å². The molecule has 0 unspecified atom stereocenters. The molecule has 1 amide bonds. The molecule has 0 atom stereocenters. The zero-order valence-corrected chi connectivity index (χ0v) is 11.9. The van der Waals surface area contributed by atoms with Crippen LogP contribution in [-0.4, -0.2) is 12.5 Å². The van der Waals surface area contributed by atoms with E-state index in [-0.39, 0.29) is 11.8 Å². The molecule has 1 fully saturated rings. The van der Waals surface area contributed by atoms with Gasteiger partial charge in [-0.15, -0.1) is 0 Å². The Morgan fingerprint density at radius 1 is 1.16 bits per heavy atom.